The summed E-state index contributed by atoms with van der Waals surface area (Å²) in [4.78, 5) is 0. The monoisotopic (exact) mass is 368 g/mol. The van der Waals surface area contributed by atoms with Crippen LogP contribution < -0.4 is 0 Å². The van der Waals surface area contributed by atoms with Gasteiger partial charge in [0.05, 0.1) is 0 Å². The predicted octanol–water partition coefficient (Wildman–Crippen LogP) is 7.86. The lowest BCUT2D eigenvalue weighted by Crippen LogP contribution is -2.11. The Balaban J connectivity index is 1.84. The second-order valence-corrected chi connectivity index (χ2v) is 8.55. The molecule has 0 radical (unpaired) electrons. The number of unbranched alkanes of at least 4 members (excludes halogenated alkanes) is 1. The van der Waals surface area contributed by atoms with Crippen LogP contribution in [-0.2, 0) is 6.42 Å². The first-order valence-electron chi connectivity index (χ1n) is 10.8. The normalized spacial score (nSPS) is 19.5. The zero-order valence-electron chi connectivity index (χ0n) is 18.0. The zero-order valence-corrected chi connectivity index (χ0v) is 18.0. The first-order chi connectivity index (χ1) is 13.5. The molecular weight excluding hydrogens is 336 g/mol. The van der Waals surface area contributed by atoms with Crippen molar-refractivity contribution in [2.45, 2.75) is 59.8 Å². The largest absolute Gasteiger partial charge is 0.0676 e. The van der Waals surface area contributed by atoms with Crippen LogP contribution in [0.4, 0.5) is 0 Å². The van der Waals surface area contributed by atoms with E-state index < -0.39 is 0 Å². The number of aryl methyl sites for hydroxylation is 1. The molecule has 0 N–H and O–H groups in total. The minimum atomic E-state index is 0.442. The quantitative estimate of drug-likeness (QED) is 0.504. The van der Waals surface area contributed by atoms with Gasteiger partial charge in [0, 0.05) is 11.8 Å². The first kappa shape index (κ1) is 19.0. The van der Waals surface area contributed by atoms with Crippen molar-refractivity contribution < 1.29 is 0 Å². The lowest BCUT2D eigenvalue weighted by Gasteiger charge is -2.23. The van der Waals surface area contributed by atoms with Gasteiger partial charge in [-0.3, -0.25) is 0 Å². The van der Waals surface area contributed by atoms with Crippen LogP contribution in [0.1, 0.15) is 75.6 Å². The summed E-state index contributed by atoms with van der Waals surface area (Å²) >= 11 is 0. The van der Waals surface area contributed by atoms with E-state index in [1.807, 2.05) is 0 Å². The lowest BCUT2D eigenvalue weighted by molar-refractivity contribution is 0.648. The number of hydrogen-bond acceptors (Lipinski definition) is 0. The molecule has 0 saturated carbocycles. The van der Waals surface area contributed by atoms with Crippen molar-refractivity contribution >= 4 is 5.57 Å². The summed E-state index contributed by atoms with van der Waals surface area (Å²) in [5, 5.41) is 0. The molecular formula is C28H32. The second kappa shape index (κ2) is 7.59. The summed E-state index contributed by atoms with van der Waals surface area (Å²) in [5.41, 5.74) is 13.4. The topological polar surface area (TPSA) is 0 Å². The van der Waals surface area contributed by atoms with Crippen LogP contribution in [0.2, 0.25) is 0 Å². The molecule has 0 nitrogen and oxygen atoms in total. The smallest absolute Gasteiger partial charge is 0.0137 e. The third kappa shape index (κ3) is 3.00. The summed E-state index contributed by atoms with van der Waals surface area (Å²) in [6.45, 7) is 11.5. The predicted molar refractivity (Wildman–Crippen MR) is 122 cm³/mol. The number of benzene rings is 2. The molecule has 0 heteroatoms. The third-order valence-corrected chi connectivity index (χ3v) is 7.10. The van der Waals surface area contributed by atoms with Crippen LogP contribution in [0.15, 0.2) is 76.9 Å². The van der Waals surface area contributed by atoms with Gasteiger partial charge in [-0.1, -0.05) is 79.1 Å². The van der Waals surface area contributed by atoms with Crippen molar-refractivity contribution in [2.75, 3.05) is 0 Å². The van der Waals surface area contributed by atoms with E-state index >= 15 is 0 Å². The van der Waals surface area contributed by atoms with Crippen LogP contribution in [0, 0.1) is 5.92 Å². The van der Waals surface area contributed by atoms with Crippen molar-refractivity contribution in [1.29, 1.82) is 0 Å². The van der Waals surface area contributed by atoms with Gasteiger partial charge in [-0.15, -0.1) is 0 Å². The maximum absolute atomic E-state index is 2.57. The minimum Gasteiger partial charge on any atom is -0.0676 e. The highest BCUT2D eigenvalue weighted by molar-refractivity contribution is 5.87. The third-order valence-electron chi connectivity index (χ3n) is 7.10. The standard InChI is InChI=1S/C28H32/c1-6-7-12-22-13-8-9-14-23(22)26-17-27(25-16-11-10-15-24(25)26)28-20(4)18(2)19(3)21(28)5/h8-11,13-17,27-28H,6-7,12H2,1-5H3. The van der Waals surface area contributed by atoms with Crippen molar-refractivity contribution in [2.24, 2.45) is 5.92 Å². The Bertz CT molecular complexity index is 972. The molecule has 2 aliphatic rings. The highest BCUT2D eigenvalue weighted by Gasteiger charge is 2.36. The van der Waals surface area contributed by atoms with Gasteiger partial charge < -0.3 is 0 Å². The molecule has 2 aliphatic carbocycles. The van der Waals surface area contributed by atoms with Crippen molar-refractivity contribution in [3.8, 4) is 0 Å². The molecule has 0 spiro atoms. The SMILES string of the molecule is CCCCc1ccccc1C1=CC(C2C(C)=C(C)C(C)=C2C)c2ccccc21. The van der Waals surface area contributed by atoms with Gasteiger partial charge in [0.1, 0.15) is 0 Å². The van der Waals surface area contributed by atoms with Crippen LogP contribution in [-0.4, -0.2) is 0 Å². The van der Waals surface area contributed by atoms with Crippen LogP contribution in [0.3, 0.4) is 0 Å². The molecule has 0 bridgehead atoms. The lowest BCUT2D eigenvalue weighted by atomic mass is 9.81. The van der Waals surface area contributed by atoms with Gasteiger partial charge in [0.15, 0.2) is 0 Å². The van der Waals surface area contributed by atoms with E-state index in [1.54, 1.807) is 11.1 Å². The fraction of sp³-hybridized carbons (Fsp3) is 0.357. The number of rotatable bonds is 5. The molecule has 0 fully saturated rings. The molecule has 1 atom stereocenters. The molecule has 144 valence electrons. The Morgan fingerprint density at radius 3 is 2.04 bits per heavy atom. The molecule has 0 aromatic heterocycles. The fourth-order valence-electron chi connectivity index (χ4n) is 5.19. The van der Waals surface area contributed by atoms with Crippen molar-refractivity contribution in [3.63, 3.8) is 0 Å². The van der Waals surface area contributed by atoms with E-state index in [2.05, 4.69) is 89.2 Å². The van der Waals surface area contributed by atoms with Gasteiger partial charge >= 0.3 is 0 Å². The minimum absolute atomic E-state index is 0.442. The van der Waals surface area contributed by atoms with Gasteiger partial charge in [0.25, 0.3) is 0 Å². The number of allylic oxidation sites excluding steroid dienone is 5. The van der Waals surface area contributed by atoms with E-state index in [0.717, 1.165) is 6.42 Å². The van der Waals surface area contributed by atoms with E-state index in [0.29, 0.717) is 11.8 Å². The summed E-state index contributed by atoms with van der Waals surface area (Å²) in [6, 6.07) is 18.1. The molecule has 0 heterocycles. The van der Waals surface area contributed by atoms with Gasteiger partial charge in [0.2, 0.25) is 0 Å². The van der Waals surface area contributed by atoms with Crippen LogP contribution in [0.5, 0.6) is 0 Å². The molecule has 1 unspecified atom stereocenters. The Hall–Kier alpha value is -2.34. The zero-order chi connectivity index (χ0) is 19.8. The molecule has 4 rings (SSSR count). The van der Waals surface area contributed by atoms with Crippen LogP contribution >= 0.6 is 0 Å². The Kier molecular flexibility index (Phi) is 5.15. The van der Waals surface area contributed by atoms with E-state index in [-0.39, 0.29) is 0 Å². The number of hydrogen-bond donors (Lipinski definition) is 0. The Morgan fingerprint density at radius 1 is 0.750 bits per heavy atom. The van der Waals surface area contributed by atoms with Gasteiger partial charge in [-0.2, -0.15) is 0 Å². The Labute approximate surface area is 170 Å². The maximum atomic E-state index is 2.57. The maximum Gasteiger partial charge on any atom is 0.0137 e. The van der Waals surface area contributed by atoms with E-state index in [1.165, 1.54) is 51.8 Å². The highest BCUT2D eigenvalue weighted by atomic mass is 14.4. The average Bonchev–Trinajstić information content (AvgIpc) is 3.18. The molecule has 2 aromatic carbocycles. The molecule has 0 amide bonds. The molecule has 0 saturated heterocycles. The van der Waals surface area contributed by atoms with E-state index in [9.17, 15) is 0 Å². The molecule has 28 heavy (non-hydrogen) atoms. The van der Waals surface area contributed by atoms with Gasteiger partial charge in [-0.25, -0.2) is 0 Å². The molecule has 0 aliphatic heterocycles. The highest BCUT2D eigenvalue weighted by Crippen LogP contribution is 2.51. The summed E-state index contributed by atoms with van der Waals surface area (Å²) in [6.07, 6.45) is 6.22. The second-order valence-electron chi connectivity index (χ2n) is 8.55. The average molecular weight is 369 g/mol. The Morgan fingerprint density at radius 2 is 1.36 bits per heavy atom. The summed E-state index contributed by atoms with van der Waals surface area (Å²) < 4.78 is 0. The summed E-state index contributed by atoms with van der Waals surface area (Å²) in [7, 11) is 0. The fourth-order valence-corrected chi connectivity index (χ4v) is 5.19. The van der Waals surface area contributed by atoms with Crippen molar-refractivity contribution in [1.82, 2.24) is 0 Å². The summed E-state index contributed by atoms with van der Waals surface area (Å²) in [5.74, 6) is 0.944. The van der Waals surface area contributed by atoms with Crippen LogP contribution in [0.25, 0.3) is 5.57 Å². The van der Waals surface area contributed by atoms with Crippen molar-refractivity contribution in [3.05, 3.63) is 99.2 Å². The van der Waals surface area contributed by atoms with Gasteiger partial charge in [-0.05, 0) is 79.5 Å². The first-order valence-corrected chi connectivity index (χ1v) is 10.8. The molecule has 2 aromatic rings. The van der Waals surface area contributed by atoms with E-state index in [4.69, 9.17) is 0 Å². The number of fused-ring (bicyclic) bond motifs is 1.